The second kappa shape index (κ2) is 12.8. The third-order valence-electron chi connectivity index (χ3n) is 4.55. The Labute approximate surface area is 210 Å². The van der Waals surface area contributed by atoms with Crippen LogP contribution in [0.3, 0.4) is 0 Å². The Hall–Kier alpha value is -2.14. The van der Waals surface area contributed by atoms with Crippen LogP contribution in [-0.2, 0) is 26.8 Å². The summed E-state index contributed by atoms with van der Waals surface area (Å²) < 4.78 is 46.7. The quantitative estimate of drug-likeness (QED) is 0.349. The van der Waals surface area contributed by atoms with Crippen molar-refractivity contribution in [2.45, 2.75) is 12.2 Å². The van der Waals surface area contributed by atoms with Gasteiger partial charge in [0.2, 0.25) is 0 Å². The van der Waals surface area contributed by atoms with Crippen LogP contribution in [0.15, 0.2) is 30.3 Å². The van der Waals surface area contributed by atoms with Crippen molar-refractivity contribution in [2.75, 3.05) is 46.1 Å². The first kappa shape index (κ1) is 27.9. The number of benzene rings is 2. The third kappa shape index (κ3) is 7.77. The number of hydrogen-bond donors (Lipinski definition) is 1. The van der Waals surface area contributed by atoms with Crippen LogP contribution in [0.25, 0.3) is 0 Å². The summed E-state index contributed by atoms with van der Waals surface area (Å²) in [5.41, 5.74) is 1.49. The number of anilines is 1. The molecule has 0 amide bonds. The number of hydrogen-bond acceptors (Lipinski definition) is 9. The van der Waals surface area contributed by atoms with Crippen LogP contribution in [0.1, 0.15) is 11.1 Å². The molecule has 0 spiro atoms. The molecule has 11 heteroatoms. The van der Waals surface area contributed by atoms with E-state index in [-0.39, 0.29) is 47.5 Å². The maximum absolute atomic E-state index is 12.8. The molecule has 0 atom stereocenters. The van der Waals surface area contributed by atoms with Gasteiger partial charge in [-0.3, -0.25) is 0 Å². The van der Waals surface area contributed by atoms with Gasteiger partial charge in [-0.25, -0.2) is 8.42 Å². The standard InChI is InChI=1S/C21H27NO8S.Na/c1-27-15-10-19(29-3)16(20(11-15)30-4)7-8-31(25,26)13-14-5-6-18(28-2)17(9-14)22-12-21(23)24;/h5-6,9-11,22H,7-8,12-13H2,1-4H3,(H,23,24);/q;+1/p-1. The molecule has 0 aliphatic carbocycles. The van der Waals surface area contributed by atoms with Gasteiger partial charge in [-0.1, -0.05) is 6.07 Å². The van der Waals surface area contributed by atoms with E-state index < -0.39 is 22.4 Å². The predicted octanol–water partition coefficient (Wildman–Crippen LogP) is -1.96. The van der Waals surface area contributed by atoms with E-state index in [4.69, 9.17) is 18.9 Å². The van der Waals surface area contributed by atoms with Gasteiger partial charge in [0.15, 0.2) is 9.84 Å². The molecule has 0 unspecified atom stereocenters. The first-order valence-corrected chi connectivity index (χ1v) is 11.1. The van der Waals surface area contributed by atoms with Crippen LogP contribution in [-0.4, -0.2) is 55.1 Å². The topological polar surface area (TPSA) is 123 Å². The van der Waals surface area contributed by atoms with E-state index >= 15 is 0 Å². The van der Waals surface area contributed by atoms with E-state index in [0.29, 0.717) is 39.8 Å². The molecular weight excluding hydrogens is 449 g/mol. The summed E-state index contributed by atoms with van der Waals surface area (Å²) in [4.78, 5) is 10.7. The number of carbonyl (C=O) groups is 1. The Morgan fingerprint density at radius 1 is 0.938 bits per heavy atom. The number of aliphatic carboxylic acids is 1. The number of carboxylic acids is 1. The van der Waals surface area contributed by atoms with Gasteiger partial charge in [0.1, 0.15) is 23.0 Å². The summed E-state index contributed by atoms with van der Waals surface area (Å²) in [6.07, 6.45) is 0.185. The Bertz CT molecular complexity index is 1000. The molecule has 9 nitrogen and oxygen atoms in total. The first-order chi connectivity index (χ1) is 14.7. The van der Waals surface area contributed by atoms with Crippen molar-refractivity contribution in [1.82, 2.24) is 0 Å². The van der Waals surface area contributed by atoms with Crippen molar-refractivity contribution >= 4 is 21.5 Å². The van der Waals surface area contributed by atoms with Crippen LogP contribution < -0.4 is 58.9 Å². The zero-order valence-corrected chi connectivity index (χ0v) is 21.7. The van der Waals surface area contributed by atoms with Gasteiger partial charge in [0.05, 0.1) is 58.1 Å². The van der Waals surface area contributed by atoms with Gasteiger partial charge in [-0.05, 0) is 24.1 Å². The Morgan fingerprint density at radius 3 is 2.03 bits per heavy atom. The van der Waals surface area contributed by atoms with Crippen molar-refractivity contribution in [3.63, 3.8) is 0 Å². The van der Waals surface area contributed by atoms with Crippen molar-refractivity contribution in [3.8, 4) is 23.0 Å². The second-order valence-electron chi connectivity index (χ2n) is 6.61. The van der Waals surface area contributed by atoms with Crippen molar-refractivity contribution < 1.29 is 66.8 Å². The zero-order valence-electron chi connectivity index (χ0n) is 18.9. The number of methoxy groups -OCH3 is 4. The molecule has 2 rings (SSSR count). The maximum atomic E-state index is 12.8. The molecule has 0 heterocycles. The molecular formula is C21H26NNaO8S. The summed E-state index contributed by atoms with van der Waals surface area (Å²) in [5.74, 6) is 0.236. The first-order valence-electron chi connectivity index (χ1n) is 9.33. The minimum Gasteiger partial charge on any atom is -0.548 e. The molecule has 0 aromatic heterocycles. The summed E-state index contributed by atoms with van der Waals surface area (Å²) >= 11 is 0. The third-order valence-corrected chi connectivity index (χ3v) is 6.15. The van der Waals surface area contributed by atoms with Gasteiger partial charge in [-0.2, -0.15) is 0 Å². The van der Waals surface area contributed by atoms with Crippen LogP contribution in [0.5, 0.6) is 23.0 Å². The Morgan fingerprint density at radius 2 is 1.53 bits per heavy atom. The number of rotatable bonds is 12. The fraction of sp³-hybridized carbons (Fsp3) is 0.381. The maximum Gasteiger partial charge on any atom is 1.00 e. The molecule has 32 heavy (non-hydrogen) atoms. The van der Waals surface area contributed by atoms with E-state index in [1.54, 1.807) is 30.3 Å². The normalized spacial score (nSPS) is 10.6. The van der Waals surface area contributed by atoms with E-state index in [0.717, 1.165) is 0 Å². The van der Waals surface area contributed by atoms with Gasteiger partial charge in [-0.15, -0.1) is 0 Å². The molecule has 170 valence electrons. The fourth-order valence-corrected chi connectivity index (χ4v) is 4.41. The van der Waals surface area contributed by atoms with Gasteiger partial charge < -0.3 is 34.2 Å². The van der Waals surface area contributed by atoms with Gasteiger partial charge >= 0.3 is 29.6 Å². The van der Waals surface area contributed by atoms with E-state index in [2.05, 4.69) is 5.32 Å². The minimum atomic E-state index is -3.51. The Balaban J connectivity index is 0.00000512. The minimum absolute atomic E-state index is 0. The molecule has 0 bridgehead atoms. The molecule has 1 N–H and O–H groups in total. The summed E-state index contributed by atoms with van der Waals surface area (Å²) in [6.45, 7) is -0.427. The summed E-state index contributed by atoms with van der Waals surface area (Å²) in [5, 5.41) is 13.4. The SMILES string of the molecule is COc1cc(OC)c(CCS(=O)(=O)Cc2ccc(OC)c(NCC(=O)[O-])c2)c(OC)c1.[Na+]. The van der Waals surface area contributed by atoms with Crippen LogP contribution in [0.2, 0.25) is 0 Å². The number of sulfone groups is 1. The molecule has 0 saturated heterocycles. The van der Waals surface area contributed by atoms with E-state index in [9.17, 15) is 18.3 Å². The van der Waals surface area contributed by atoms with Crippen LogP contribution >= 0.6 is 0 Å². The monoisotopic (exact) mass is 475 g/mol. The average Bonchev–Trinajstić information content (AvgIpc) is 2.75. The largest absolute Gasteiger partial charge is 1.00 e. The molecule has 2 aromatic carbocycles. The van der Waals surface area contributed by atoms with Gasteiger partial charge in [0.25, 0.3) is 0 Å². The number of ether oxygens (including phenoxy) is 4. The predicted molar refractivity (Wildman–Crippen MR) is 114 cm³/mol. The summed E-state index contributed by atoms with van der Waals surface area (Å²) in [6, 6.07) is 8.09. The fourth-order valence-electron chi connectivity index (χ4n) is 3.06. The molecule has 0 saturated carbocycles. The van der Waals surface area contributed by atoms with Crippen molar-refractivity contribution in [2.24, 2.45) is 0 Å². The van der Waals surface area contributed by atoms with Crippen LogP contribution in [0.4, 0.5) is 5.69 Å². The number of nitrogens with one attached hydrogen (secondary N) is 1. The average molecular weight is 475 g/mol. The van der Waals surface area contributed by atoms with E-state index in [1.807, 2.05) is 0 Å². The van der Waals surface area contributed by atoms with Crippen LogP contribution in [0, 0.1) is 0 Å². The number of carboxylic acid groups (broad SMARTS) is 1. The number of carbonyl (C=O) groups excluding carboxylic acids is 1. The van der Waals surface area contributed by atoms with Gasteiger partial charge in [0, 0.05) is 17.7 Å². The van der Waals surface area contributed by atoms with E-state index in [1.165, 1.54) is 28.4 Å². The summed E-state index contributed by atoms with van der Waals surface area (Å²) in [7, 11) is 2.43. The second-order valence-corrected chi connectivity index (χ2v) is 8.80. The zero-order chi connectivity index (χ0) is 23.0. The molecule has 0 aliphatic heterocycles. The Kier molecular flexibility index (Phi) is 11.1. The van der Waals surface area contributed by atoms with Crippen molar-refractivity contribution in [3.05, 3.63) is 41.5 Å². The molecule has 0 fully saturated rings. The molecule has 0 aliphatic rings. The van der Waals surface area contributed by atoms with Crippen molar-refractivity contribution in [1.29, 1.82) is 0 Å². The molecule has 0 radical (unpaired) electrons. The smallest absolute Gasteiger partial charge is 0.548 e. The molecule has 2 aromatic rings.